The van der Waals surface area contributed by atoms with E-state index in [0.29, 0.717) is 11.3 Å². The second-order valence-electron chi connectivity index (χ2n) is 3.68. The van der Waals surface area contributed by atoms with Gasteiger partial charge in [-0.2, -0.15) is 0 Å². The highest BCUT2D eigenvalue weighted by molar-refractivity contribution is 6.01. The van der Waals surface area contributed by atoms with Crippen LogP contribution in [-0.2, 0) is 9.53 Å². The van der Waals surface area contributed by atoms with Crippen molar-refractivity contribution in [2.75, 3.05) is 12.4 Å². The van der Waals surface area contributed by atoms with Crippen LogP contribution in [-0.4, -0.2) is 19.0 Å². The third-order valence-corrected chi connectivity index (χ3v) is 2.11. The first kappa shape index (κ1) is 15.9. The van der Waals surface area contributed by atoms with Gasteiger partial charge in [-0.3, -0.25) is 4.79 Å². The van der Waals surface area contributed by atoms with Crippen LogP contribution in [0.1, 0.15) is 25.6 Å². The van der Waals surface area contributed by atoms with Crippen LogP contribution in [0.25, 0.3) is 0 Å². The van der Waals surface area contributed by atoms with Crippen LogP contribution in [0.5, 0.6) is 0 Å². The van der Waals surface area contributed by atoms with Gasteiger partial charge >= 0.3 is 5.97 Å². The fourth-order valence-corrected chi connectivity index (χ4v) is 1.16. The molecule has 0 heterocycles. The van der Waals surface area contributed by atoms with E-state index < -0.39 is 5.97 Å². The average molecular weight is 251 g/mol. The summed E-state index contributed by atoms with van der Waals surface area (Å²) in [6.45, 7) is 9.58. The molecule has 0 spiro atoms. The molecule has 0 aromatic heterocycles. The molecule has 0 unspecified atom stereocenters. The van der Waals surface area contributed by atoms with Crippen molar-refractivity contribution in [2.45, 2.75) is 13.8 Å². The Bertz CT molecular complexity index is 419. The molecule has 0 fully saturated rings. The third kappa shape index (κ3) is 4.41. The lowest BCUT2D eigenvalue weighted by Gasteiger charge is -2.10. The van der Waals surface area contributed by atoms with E-state index in [0.717, 1.165) is 0 Å². The number of hydrogen-bond donors (Lipinski definition) is 1. The van der Waals surface area contributed by atoms with E-state index in [4.69, 9.17) is 0 Å². The fourth-order valence-electron chi connectivity index (χ4n) is 1.16. The fraction of sp³-hybridized carbons (Fsp3) is 0.286. The smallest absolute Gasteiger partial charge is 0.339 e. The molecular formula is C14H21NO3. The van der Waals surface area contributed by atoms with Crippen LogP contribution in [0.4, 0.5) is 5.69 Å². The molecule has 18 heavy (non-hydrogen) atoms. The first-order valence-corrected chi connectivity index (χ1v) is 5.54. The number of nitrogens with one attached hydrogen (secondary N) is 1. The number of anilines is 1. The Morgan fingerprint density at radius 3 is 2.33 bits per heavy atom. The summed E-state index contributed by atoms with van der Waals surface area (Å²) in [7, 11) is 1.31. The summed E-state index contributed by atoms with van der Waals surface area (Å²) in [5.41, 5.74) is 0.840. The molecule has 1 rings (SSSR count). The summed E-state index contributed by atoms with van der Waals surface area (Å²) in [5, 5.41) is 2.69. The van der Waals surface area contributed by atoms with Crippen molar-refractivity contribution in [1.82, 2.24) is 0 Å². The SMILES string of the molecule is C=C.COC(=O)c1ccccc1NC(=O)C(C)C.[HH]. The van der Waals surface area contributed by atoms with Gasteiger partial charge in [0, 0.05) is 7.34 Å². The largest absolute Gasteiger partial charge is 0.465 e. The maximum Gasteiger partial charge on any atom is 0.339 e. The number of para-hydroxylation sites is 1. The zero-order valence-corrected chi connectivity index (χ0v) is 11.0. The van der Waals surface area contributed by atoms with Gasteiger partial charge in [-0.1, -0.05) is 26.0 Å². The van der Waals surface area contributed by atoms with Crippen molar-refractivity contribution in [3.05, 3.63) is 43.0 Å². The first-order chi connectivity index (χ1) is 8.56. The van der Waals surface area contributed by atoms with Gasteiger partial charge in [0.25, 0.3) is 0 Å². The predicted molar refractivity (Wildman–Crippen MR) is 74.6 cm³/mol. The molecule has 1 amide bonds. The molecule has 0 aliphatic heterocycles. The Morgan fingerprint density at radius 1 is 1.28 bits per heavy atom. The van der Waals surface area contributed by atoms with Crippen molar-refractivity contribution in [3.8, 4) is 0 Å². The molecule has 0 aliphatic carbocycles. The van der Waals surface area contributed by atoms with Crippen LogP contribution in [0.15, 0.2) is 37.4 Å². The minimum absolute atomic E-state index is 0. The highest BCUT2D eigenvalue weighted by atomic mass is 16.5. The lowest BCUT2D eigenvalue weighted by Crippen LogP contribution is -2.19. The summed E-state index contributed by atoms with van der Waals surface area (Å²) < 4.78 is 4.63. The van der Waals surface area contributed by atoms with Crippen LogP contribution in [0.2, 0.25) is 0 Å². The Morgan fingerprint density at radius 2 is 1.83 bits per heavy atom. The number of esters is 1. The summed E-state index contributed by atoms with van der Waals surface area (Å²) in [4.78, 5) is 22.9. The van der Waals surface area contributed by atoms with Crippen molar-refractivity contribution < 1.29 is 15.8 Å². The van der Waals surface area contributed by atoms with E-state index in [1.54, 1.807) is 38.1 Å². The molecule has 1 N–H and O–H groups in total. The van der Waals surface area contributed by atoms with E-state index in [-0.39, 0.29) is 13.3 Å². The summed E-state index contributed by atoms with van der Waals surface area (Å²) in [5.74, 6) is -0.721. The average Bonchev–Trinajstić information content (AvgIpc) is 2.40. The van der Waals surface area contributed by atoms with Gasteiger partial charge in [-0.05, 0) is 12.1 Å². The minimum atomic E-state index is -0.459. The number of rotatable bonds is 3. The topological polar surface area (TPSA) is 55.4 Å². The van der Waals surface area contributed by atoms with Gasteiger partial charge in [-0.25, -0.2) is 4.79 Å². The standard InChI is InChI=1S/C12H15NO3.C2H4.H2/c1-8(2)11(14)13-10-7-5-4-6-9(10)12(15)16-3;1-2;/h4-8H,1-3H3,(H,13,14);1-2H2;1H. The minimum Gasteiger partial charge on any atom is -0.465 e. The molecule has 0 atom stereocenters. The van der Waals surface area contributed by atoms with E-state index in [1.165, 1.54) is 7.11 Å². The van der Waals surface area contributed by atoms with Gasteiger partial charge in [0.2, 0.25) is 5.91 Å². The Balaban J connectivity index is 0. The number of carbonyl (C=O) groups is 2. The van der Waals surface area contributed by atoms with Crippen LogP contribution >= 0.6 is 0 Å². The number of benzene rings is 1. The number of carbonyl (C=O) groups excluding carboxylic acids is 2. The number of hydrogen-bond acceptors (Lipinski definition) is 3. The van der Waals surface area contributed by atoms with Gasteiger partial charge in [0.15, 0.2) is 0 Å². The molecule has 0 radical (unpaired) electrons. The Kier molecular flexibility index (Phi) is 7.12. The van der Waals surface area contributed by atoms with Crippen molar-refractivity contribution in [2.24, 2.45) is 5.92 Å². The molecule has 4 heteroatoms. The van der Waals surface area contributed by atoms with E-state index >= 15 is 0 Å². The second-order valence-corrected chi connectivity index (χ2v) is 3.68. The number of ether oxygens (including phenoxy) is 1. The predicted octanol–water partition coefficient (Wildman–Crippen LogP) is 3.12. The van der Waals surface area contributed by atoms with Crippen molar-refractivity contribution in [3.63, 3.8) is 0 Å². The Labute approximate surface area is 109 Å². The molecule has 0 saturated heterocycles. The molecule has 0 bridgehead atoms. The highest BCUT2D eigenvalue weighted by Crippen LogP contribution is 2.16. The number of methoxy groups -OCH3 is 1. The lowest BCUT2D eigenvalue weighted by atomic mass is 10.1. The van der Waals surface area contributed by atoms with E-state index in [9.17, 15) is 9.59 Å². The van der Waals surface area contributed by atoms with Gasteiger partial charge in [0.05, 0.1) is 18.4 Å². The monoisotopic (exact) mass is 251 g/mol. The molecule has 100 valence electrons. The molecule has 0 aliphatic rings. The highest BCUT2D eigenvalue weighted by Gasteiger charge is 2.14. The summed E-state index contributed by atoms with van der Waals surface area (Å²) >= 11 is 0. The van der Waals surface area contributed by atoms with Crippen LogP contribution < -0.4 is 5.32 Å². The first-order valence-electron chi connectivity index (χ1n) is 5.54. The maximum atomic E-state index is 11.5. The van der Waals surface area contributed by atoms with Crippen molar-refractivity contribution in [1.29, 1.82) is 0 Å². The van der Waals surface area contributed by atoms with Gasteiger partial charge < -0.3 is 10.1 Å². The van der Waals surface area contributed by atoms with Gasteiger partial charge in [0.1, 0.15) is 0 Å². The summed E-state index contributed by atoms with van der Waals surface area (Å²) in [6, 6.07) is 6.76. The third-order valence-electron chi connectivity index (χ3n) is 2.11. The Hall–Kier alpha value is -2.10. The lowest BCUT2D eigenvalue weighted by molar-refractivity contribution is -0.118. The molecule has 4 nitrogen and oxygen atoms in total. The zero-order valence-electron chi connectivity index (χ0n) is 11.0. The van der Waals surface area contributed by atoms with E-state index in [1.807, 2.05) is 0 Å². The van der Waals surface area contributed by atoms with Crippen LogP contribution in [0, 0.1) is 5.92 Å². The van der Waals surface area contributed by atoms with Crippen molar-refractivity contribution >= 4 is 17.6 Å². The second kappa shape index (κ2) is 8.06. The quantitative estimate of drug-likeness (QED) is 0.663. The molecule has 0 saturated carbocycles. The zero-order chi connectivity index (χ0) is 14.1. The maximum absolute atomic E-state index is 11.5. The van der Waals surface area contributed by atoms with Gasteiger partial charge in [-0.15, -0.1) is 13.2 Å². The normalized spacial score (nSPS) is 9.11. The molecule has 1 aromatic rings. The molecular weight excluding hydrogens is 230 g/mol. The van der Waals surface area contributed by atoms with Crippen LogP contribution in [0.3, 0.4) is 0 Å². The molecule has 1 aromatic carbocycles. The number of amides is 1. The van der Waals surface area contributed by atoms with E-state index in [2.05, 4.69) is 23.2 Å². The summed E-state index contributed by atoms with van der Waals surface area (Å²) in [6.07, 6.45) is 0.